The van der Waals surface area contributed by atoms with Crippen LogP contribution in [0.1, 0.15) is 17.7 Å². The van der Waals surface area contributed by atoms with Gasteiger partial charge in [-0.1, -0.05) is 6.07 Å². The van der Waals surface area contributed by atoms with Crippen LogP contribution in [0.25, 0.3) is 10.6 Å². The largest absolute Gasteiger partial charge is 0.359 e. The monoisotopic (exact) mass is 260 g/mol. The number of nitrogens with zero attached hydrogens (tertiary/aromatic N) is 1. The van der Waals surface area contributed by atoms with Crippen LogP contribution in [0, 0.1) is 0 Å². The minimum atomic E-state index is 0.108. The van der Waals surface area contributed by atoms with Gasteiger partial charge < -0.3 is 5.32 Å². The Kier molecular flexibility index (Phi) is 4.47. The molecule has 94 valence electrons. The van der Waals surface area contributed by atoms with E-state index in [1.165, 1.54) is 9.75 Å². The van der Waals surface area contributed by atoms with E-state index >= 15 is 0 Å². The maximum Gasteiger partial charge on any atom is 0.219 e. The molecule has 2 heterocycles. The molecule has 18 heavy (non-hydrogen) atoms. The maximum absolute atomic E-state index is 11.1. The first kappa shape index (κ1) is 12.8. The third-order valence-corrected chi connectivity index (χ3v) is 3.85. The van der Waals surface area contributed by atoms with Crippen molar-refractivity contribution in [3.05, 3.63) is 41.4 Å². The summed E-state index contributed by atoms with van der Waals surface area (Å²) in [6, 6.07) is 10.1. The number of amides is 1. The van der Waals surface area contributed by atoms with Crippen molar-refractivity contribution in [1.29, 1.82) is 0 Å². The van der Waals surface area contributed by atoms with Gasteiger partial charge in [0, 0.05) is 24.5 Å². The normalized spacial score (nSPS) is 10.3. The van der Waals surface area contributed by atoms with Crippen LogP contribution in [-0.4, -0.2) is 17.9 Å². The van der Waals surface area contributed by atoms with Crippen LogP contribution < -0.4 is 5.32 Å². The molecule has 0 unspecified atom stereocenters. The molecule has 0 atom stereocenters. The smallest absolute Gasteiger partial charge is 0.219 e. The highest BCUT2D eigenvalue weighted by Crippen LogP contribution is 2.27. The highest BCUT2D eigenvalue weighted by Gasteiger charge is 2.04. The SMILES string of the molecule is CNC(=O)CCCc1ccc(-c2ccccn2)s1. The van der Waals surface area contributed by atoms with E-state index < -0.39 is 0 Å². The zero-order valence-electron chi connectivity index (χ0n) is 10.3. The van der Waals surface area contributed by atoms with Crippen molar-refractivity contribution in [3.8, 4) is 10.6 Å². The molecule has 0 aromatic carbocycles. The Morgan fingerprint density at radius 2 is 2.22 bits per heavy atom. The molecule has 0 aliphatic heterocycles. The van der Waals surface area contributed by atoms with E-state index in [0.29, 0.717) is 6.42 Å². The third-order valence-electron chi connectivity index (χ3n) is 2.68. The molecule has 0 aliphatic carbocycles. The standard InChI is InChI=1S/C14H16N2OS/c1-15-14(17)7-4-5-11-8-9-13(18-11)12-6-2-3-10-16-12/h2-3,6,8-10H,4-5,7H2,1H3,(H,15,17). The van der Waals surface area contributed by atoms with Gasteiger partial charge in [0.05, 0.1) is 10.6 Å². The molecule has 2 aromatic heterocycles. The van der Waals surface area contributed by atoms with Gasteiger partial charge >= 0.3 is 0 Å². The number of carbonyl (C=O) groups is 1. The van der Waals surface area contributed by atoms with Crippen molar-refractivity contribution in [2.24, 2.45) is 0 Å². The molecule has 1 amide bonds. The molecule has 4 heteroatoms. The van der Waals surface area contributed by atoms with Crippen LogP contribution in [0.2, 0.25) is 0 Å². The van der Waals surface area contributed by atoms with Crippen molar-refractivity contribution in [3.63, 3.8) is 0 Å². The molecule has 0 fully saturated rings. The zero-order chi connectivity index (χ0) is 12.8. The molecule has 2 rings (SSSR count). The van der Waals surface area contributed by atoms with Gasteiger partial charge in [0.2, 0.25) is 5.91 Å². The molecule has 0 saturated heterocycles. The van der Waals surface area contributed by atoms with E-state index in [0.717, 1.165) is 18.5 Å². The minimum absolute atomic E-state index is 0.108. The lowest BCUT2D eigenvalue weighted by Crippen LogP contribution is -2.17. The summed E-state index contributed by atoms with van der Waals surface area (Å²) in [5, 5.41) is 2.64. The average molecular weight is 260 g/mol. The first-order chi connectivity index (χ1) is 8.79. The third kappa shape index (κ3) is 3.40. The van der Waals surface area contributed by atoms with Gasteiger partial charge in [-0.25, -0.2) is 0 Å². The Bertz CT molecular complexity index is 508. The van der Waals surface area contributed by atoms with E-state index in [9.17, 15) is 4.79 Å². The van der Waals surface area contributed by atoms with Gasteiger partial charge in [-0.3, -0.25) is 9.78 Å². The summed E-state index contributed by atoms with van der Waals surface area (Å²) in [6.07, 6.45) is 4.24. The Balaban J connectivity index is 1.93. The molecule has 0 spiro atoms. The number of rotatable bonds is 5. The first-order valence-corrected chi connectivity index (χ1v) is 6.82. The topological polar surface area (TPSA) is 42.0 Å². The fourth-order valence-corrected chi connectivity index (χ4v) is 2.73. The molecular weight excluding hydrogens is 244 g/mol. The number of hydrogen-bond donors (Lipinski definition) is 1. The number of hydrogen-bond acceptors (Lipinski definition) is 3. The van der Waals surface area contributed by atoms with Gasteiger partial charge in [-0.2, -0.15) is 0 Å². The van der Waals surface area contributed by atoms with Crippen LogP contribution in [0.15, 0.2) is 36.5 Å². The van der Waals surface area contributed by atoms with Crippen molar-refractivity contribution in [2.75, 3.05) is 7.05 Å². The second-order valence-electron chi connectivity index (χ2n) is 4.01. The van der Waals surface area contributed by atoms with Crippen LogP contribution in [0.5, 0.6) is 0 Å². The molecule has 1 N–H and O–H groups in total. The predicted molar refractivity (Wildman–Crippen MR) is 74.6 cm³/mol. The fourth-order valence-electron chi connectivity index (χ4n) is 1.71. The Morgan fingerprint density at radius 3 is 2.94 bits per heavy atom. The first-order valence-electron chi connectivity index (χ1n) is 6.00. The second-order valence-corrected chi connectivity index (χ2v) is 5.18. The fraction of sp³-hybridized carbons (Fsp3) is 0.286. The molecule has 0 bridgehead atoms. The quantitative estimate of drug-likeness (QED) is 0.898. The van der Waals surface area contributed by atoms with Gasteiger partial charge in [0.15, 0.2) is 0 Å². The van der Waals surface area contributed by atoms with Gasteiger partial charge in [-0.15, -0.1) is 11.3 Å². The van der Waals surface area contributed by atoms with Crippen molar-refractivity contribution < 1.29 is 4.79 Å². The average Bonchev–Trinajstić information content (AvgIpc) is 2.88. The number of nitrogens with one attached hydrogen (secondary N) is 1. The lowest BCUT2D eigenvalue weighted by atomic mass is 10.2. The molecule has 2 aromatic rings. The van der Waals surface area contributed by atoms with E-state index in [1.807, 2.05) is 18.2 Å². The Labute approximate surface area is 111 Å². The summed E-state index contributed by atoms with van der Waals surface area (Å²) < 4.78 is 0. The summed E-state index contributed by atoms with van der Waals surface area (Å²) in [5.41, 5.74) is 1.01. The van der Waals surface area contributed by atoms with Crippen molar-refractivity contribution in [1.82, 2.24) is 10.3 Å². The van der Waals surface area contributed by atoms with Crippen LogP contribution in [0.3, 0.4) is 0 Å². The molecule has 0 aliphatic rings. The maximum atomic E-state index is 11.1. The summed E-state index contributed by atoms with van der Waals surface area (Å²) in [7, 11) is 1.67. The number of thiophene rings is 1. The minimum Gasteiger partial charge on any atom is -0.359 e. The lowest BCUT2D eigenvalue weighted by molar-refractivity contribution is -0.120. The zero-order valence-corrected chi connectivity index (χ0v) is 11.2. The predicted octanol–water partition coefficient (Wildman–Crippen LogP) is 2.88. The van der Waals surface area contributed by atoms with Gasteiger partial charge in [-0.05, 0) is 37.1 Å². The van der Waals surface area contributed by atoms with Crippen molar-refractivity contribution in [2.45, 2.75) is 19.3 Å². The number of carbonyl (C=O) groups excluding carboxylic acids is 1. The van der Waals surface area contributed by atoms with Crippen LogP contribution in [0.4, 0.5) is 0 Å². The van der Waals surface area contributed by atoms with Gasteiger partial charge in [0.25, 0.3) is 0 Å². The van der Waals surface area contributed by atoms with Gasteiger partial charge in [0.1, 0.15) is 0 Å². The summed E-state index contributed by atoms with van der Waals surface area (Å²) in [5.74, 6) is 0.108. The summed E-state index contributed by atoms with van der Waals surface area (Å²) in [4.78, 5) is 17.9. The highest BCUT2D eigenvalue weighted by molar-refractivity contribution is 7.15. The molecule has 0 saturated carbocycles. The van der Waals surface area contributed by atoms with Crippen LogP contribution in [-0.2, 0) is 11.2 Å². The summed E-state index contributed by atoms with van der Waals surface area (Å²) in [6.45, 7) is 0. The van der Waals surface area contributed by atoms with E-state index in [2.05, 4.69) is 22.4 Å². The highest BCUT2D eigenvalue weighted by atomic mass is 32.1. The molecule has 0 radical (unpaired) electrons. The molecular formula is C14H16N2OS. The lowest BCUT2D eigenvalue weighted by Gasteiger charge is -1.98. The number of aromatic nitrogens is 1. The Hall–Kier alpha value is -1.68. The summed E-state index contributed by atoms with van der Waals surface area (Å²) >= 11 is 1.75. The Morgan fingerprint density at radius 1 is 1.33 bits per heavy atom. The van der Waals surface area contributed by atoms with E-state index in [4.69, 9.17) is 0 Å². The number of aryl methyl sites for hydroxylation is 1. The number of pyridine rings is 1. The van der Waals surface area contributed by atoms with Crippen molar-refractivity contribution >= 4 is 17.2 Å². The molecule has 3 nitrogen and oxygen atoms in total. The van der Waals surface area contributed by atoms with Crippen LogP contribution >= 0.6 is 11.3 Å². The second kappa shape index (κ2) is 6.31. The van der Waals surface area contributed by atoms with E-state index in [1.54, 1.807) is 24.6 Å². The van der Waals surface area contributed by atoms with E-state index in [-0.39, 0.29) is 5.91 Å².